The first-order valence-electron chi connectivity index (χ1n) is 16.9. The molecule has 0 fully saturated rings. The minimum atomic E-state index is -0.948. The second-order valence-electron chi connectivity index (χ2n) is 13.6. The standard InChI is InChI=1S/C46H28O3/c47-45-30-14-21-39(46(45)48)40(22-30)34-16-9-27-10-19-37-33(15-8-26-11-20-38(34)44(27)43(26)37)29-13-18-36-35-17-12-28(23-41(35)49-42(36)24-29)32-7-3-5-25-4-1-2-6-31(25)32/h1-24,30,39,45,47H. The molecule has 3 nitrogen and oxygen atoms in total. The van der Waals surface area contributed by atoms with Gasteiger partial charge >= 0.3 is 0 Å². The predicted octanol–water partition coefficient (Wildman–Crippen LogP) is 11.1. The van der Waals surface area contributed by atoms with Crippen molar-refractivity contribution in [3.63, 3.8) is 0 Å². The van der Waals surface area contributed by atoms with Crippen LogP contribution in [-0.2, 0) is 4.79 Å². The molecule has 49 heavy (non-hydrogen) atoms. The van der Waals surface area contributed by atoms with E-state index in [9.17, 15) is 9.90 Å². The Morgan fingerprint density at radius 1 is 0.510 bits per heavy atom. The molecule has 1 heterocycles. The van der Waals surface area contributed by atoms with Crippen molar-refractivity contribution in [2.24, 2.45) is 11.8 Å². The van der Waals surface area contributed by atoms with Gasteiger partial charge in [-0.15, -0.1) is 0 Å². The van der Waals surface area contributed by atoms with Crippen LogP contribution < -0.4 is 0 Å². The lowest BCUT2D eigenvalue weighted by molar-refractivity contribution is -0.130. The Morgan fingerprint density at radius 3 is 1.82 bits per heavy atom. The molecule has 2 bridgehead atoms. The fourth-order valence-electron chi connectivity index (χ4n) is 8.68. The molecule has 3 unspecified atom stereocenters. The number of carbonyl (C=O) groups excluding carboxylic acids is 1. The third kappa shape index (κ3) is 3.74. The SMILES string of the molecule is O=C1C2C=CC(C=C2c2ccc3ccc4c(-c5ccc6c(c5)oc5cc(-c7cccc8ccccc78)ccc56)ccc5ccc2c3c54)C1O. The molecule has 3 aliphatic carbocycles. The van der Waals surface area contributed by atoms with Crippen LogP contribution in [0.1, 0.15) is 5.56 Å². The first-order valence-corrected chi connectivity index (χ1v) is 16.9. The molecule has 0 saturated heterocycles. The van der Waals surface area contributed by atoms with Crippen molar-refractivity contribution in [3.05, 3.63) is 151 Å². The van der Waals surface area contributed by atoms with E-state index >= 15 is 0 Å². The molecular formula is C46H28O3. The molecule has 0 amide bonds. The van der Waals surface area contributed by atoms with Gasteiger partial charge in [-0.3, -0.25) is 4.79 Å². The first kappa shape index (κ1) is 27.0. The molecule has 1 aromatic heterocycles. The smallest absolute Gasteiger partial charge is 0.173 e. The zero-order chi connectivity index (χ0) is 32.4. The summed E-state index contributed by atoms with van der Waals surface area (Å²) in [7, 11) is 0. The summed E-state index contributed by atoms with van der Waals surface area (Å²) in [6.07, 6.45) is 5.06. The van der Waals surface area contributed by atoms with E-state index in [1.165, 1.54) is 43.3 Å². The van der Waals surface area contributed by atoms with Crippen LogP contribution >= 0.6 is 0 Å². The number of allylic oxidation sites excluding steroid dienone is 2. The second-order valence-corrected chi connectivity index (χ2v) is 13.6. The molecule has 3 aliphatic rings. The van der Waals surface area contributed by atoms with Gasteiger partial charge in [-0.25, -0.2) is 0 Å². The minimum absolute atomic E-state index is 0.108. The van der Waals surface area contributed by atoms with E-state index in [0.717, 1.165) is 55.2 Å². The van der Waals surface area contributed by atoms with Crippen LogP contribution in [0, 0.1) is 11.8 Å². The molecule has 12 rings (SSSR count). The van der Waals surface area contributed by atoms with Gasteiger partial charge in [0.15, 0.2) is 5.78 Å². The molecule has 8 aromatic carbocycles. The number of rotatable bonds is 3. The van der Waals surface area contributed by atoms with E-state index in [1.807, 2.05) is 12.2 Å². The number of fused-ring (bicyclic) bond motifs is 5. The van der Waals surface area contributed by atoms with Crippen molar-refractivity contribution in [2.45, 2.75) is 6.10 Å². The maximum absolute atomic E-state index is 13.0. The van der Waals surface area contributed by atoms with Crippen molar-refractivity contribution in [2.75, 3.05) is 0 Å². The Balaban J connectivity index is 1.06. The molecule has 0 radical (unpaired) electrons. The molecule has 3 heteroatoms. The highest BCUT2D eigenvalue weighted by atomic mass is 16.3. The van der Waals surface area contributed by atoms with Crippen molar-refractivity contribution in [1.82, 2.24) is 0 Å². The number of aliphatic hydroxyl groups is 1. The van der Waals surface area contributed by atoms with Crippen LogP contribution in [0.25, 0.3) is 92.9 Å². The van der Waals surface area contributed by atoms with Crippen molar-refractivity contribution in [3.8, 4) is 22.3 Å². The minimum Gasteiger partial charge on any atom is -0.456 e. The average Bonchev–Trinajstić information content (AvgIpc) is 3.52. The fraction of sp³-hybridized carbons (Fsp3) is 0.0652. The summed E-state index contributed by atoms with van der Waals surface area (Å²) in [6.45, 7) is 0. The van der Waals surface area contributed by atoms with E-state index in [4.69, 9.17) is 4.42 Å². The van der Waals surface area contributed by atoms with Crippen LogP contribution in [0.3, 0.4) is 0 Å². The number of furan rings is 1. The van der Waals surface area contributed by atoms with Gasteiger partial charge in [0.1, 0.15) is 17.3 Å². The van der Waals surface area contributed by atoms with E-state index in [0.29, 0.717) is 0 Å². The highest BCUT2D eigenvalue weighted by Crippen LogP contribution is 2.46. The van der Waals surface area contributed by atoms with Gasteiger partial charge in [-0.2, -0.15) is 0 Å². The van der Waals surface area contributed by atoms with Crippen LogP contribution in [0.4, 0.5) is 0 Å². The Morgan fingerprint density at radius 2 is 1.10 bits per heavy atom. The number of aliphatic hydroxyl groups excluding tert-OH is 1. The van der Waals surface area contributed by atoms with Gasteiger partial charge in [0.25, 0.3) is 0 Å². The highest BCUT2D eigenvalue weighted by Gasteiger charge is 2.40. The van der Waals surface area contributed by atoms with Crippen molar-refractivity contribution < 1.29 is 14.3 Å². The number of hydrogen-bond acceptors (Lipinski definition) is 3. The molecule has 3 atom stereocenters. The summed E-state index contributed by atoms with van der Waals surface area (Å²) in [5.41, 5.74) is 8.42. The van der Waals surface area contributed by atoms with Gasteiger partial charge in [0.2, 0.25) is 0 Å². The summed E-state index contributed by atoms with van der Waals surface area (Å²) in [5.74, 6) is -0.785. The van der Waals surface area contributed by atoms with E-state index in [1.54, 1.807) is 0 Å². The summed E-state index contributed by atoms with van der Waals surface area (Å²) in [5, 5.41) is 22.2. The maximum Gasteiger partial charge on any atom is 0.173 e. The number of hydrogen-bond donors (Lipinski definition) is 1. The van der Waals surface area contributed by atoms with Crippen LogP contribution in [0.15, 0.2) is 150 Å². The topological polar surface area (TPSA) is 50.4 Å². The van der Waals surface area contributed by atoms with Gasteiger partial charge in [-0.05, 0) is 101 Å². The predicted molar refractivity (Wildman–Crippen MR) is 201 cm³/mol. The number of Topliss-reactive ketones (excluding diaryl/α,β-unsaturated/α-hetero) is 1. The zero-order valence-electron chi connectivity index (χ0n) is 26.4. The lowest BCUT2D eigenvalue weighted by Gasteiger charge is -2.34. The molecule has 230 valence electrons. The van der Waals surface area contributed by atoms with Crippen LogP contribution in [0.2, 0.25) is 0 Å². The fourth-order valence-corrected chi connectivity index (χ4v) is 8.68. The van der Waals surface area contributed by atoms with E-state index in [-0.39, 0.29) is 11.7 Å². The second kappa shape index (κ2) is 9.76. The molecule has 1 N–H and O–H groups in total. The molecule has 9 aromatic rings. The monoisotopic (exact) mass is 628 g/mol. The highest BCUT2D eigenvalue weighted by molar-refractivity contribution is 6.27. The number of benzene rings is 8. The molecular weight excluding hydrogens is 601 g/mol. The third-order valence-electron chi connectivity index (χ3n) is 11.1. The Kier molecular flexibility index (Phi) is 5.37. The van der Waals surface area contributed by atoms with Gasteiger partial charge in [0.05, 0.1) is 5.92 Å². The molecule has 0 saturated carbocycles. The van der Waals surface area contributed by atoms with Crippen LogP contribution in [-0.4, -0.2) is 17.0 Å². The number of ketones is 1. The third-order valence-corrected chi connectivity index (χ3v) is 11.1. The van der Waals surface area contributed by atoms with E-state index < -0.39 is 12.0 Å². The summed E-state index contributed by atoms with van der Waals surface area (Å²) in [6, 6.07) is 45.7. The molecule has 0 spiro atoms. The summed E-state index contributed by atoms with van der Waals surface area (Å²) < 4.78 is 6.58. The lowest BCUT2D eigenvalue weighted by atomic mass is 9.71. The lowest BCUT2D eigenvalue weighted by Crippen LogP contribution is -2.40. The molecule has 0 aliphatic heterocycles. The van der Waals surface area contributed by atoms with Crippen molar-refractivity contribution in [1.29, 1.82) is 0 Å². The largest absolute Gasteiger partial charge is 0.456 e. The van der Waals surface area contributed by atoms with Crippen LogP contribution in [0.5, 0.6) is 0 Å². The first-order chi connectivity index (χ1) is 24.1. The Hall–Kier alpha value is -6.03. The van der Waals surface area contributed by atoms with E-state index in [2.05, 4.69) is 133 Å². The van der Waals surface area contributed by atoms with Gasteiger partial charge in [-0.1, -0.05) is 121 Å². The average molecular weight is 629 g/mol. The maximum atomic E-state index is 13.0. The normalized spacial score (nSPS) is 19.0. The Labute approximate surface area is 281 Å². The number of carbonyl (C=O) groups is 1. The zero-order valence-corrected chi connectivity index (χ0v) is 26.4. The Bertz CT molecular complexity index is 2930. The summed E-state index contributed by atoms with van der Waals surface area (Å²) in [4.78, 5) is 13.0. The quantitative estimate of drug-likeness (QED) is 0.156. The van der Waals surface area contributed by atoms with Gasteiger partial charge < -0.3 is 9.52 Å². The van der Waals surface area contributed by atoms with Crippen molar-refractivity contribution >= 4 is 76.4 Å². The summed E-state index contributed by atoms with van der Waals surface area (Å²) >= 11 is 0. The van der Waals surface area contributed by atoms with Gasteiger partial charge in [0, 0.05) is 16.7 Å².